The molecule has 21 heavy (non-hydrogen) atoms. The molecule has 0 saturated carbocycles. The molecular weight excluding hydrogens is 288 g/mol. The Balaban J connectivity index is 2.98. The fourth-order valence-corrected chi connectivity index (χ4v) is 3.64. The van der Waals surface area contributed by atoms with E-state index >= 15 is 0 Å². The zero-order chi connectivity index (χ0) is 16.0. The second kappa shape index (κ2) is 7.91. The van der Waals surface area contributed by atoms with Crippen LogP contribution in [0.5, 0.6) is 0 Å². The van der Waals surface area contributed by atoms with Crippen molar-refractivity contribution in [2.24, 2.45) is 5.92 Å². The molecule has 0 saturated heterocycles. The molecular formula is C14H28N4O2S. The van der Waals surface area contributed by atoms with Crippen LogP contribution in [0.4, 0.5) is 0 Å². The zero-order valence-corrected chi connectivity index (χ0v) is 14.5. The first-order chi connectivity index (χ1) is 9.82. The van der Waals surface area contributed by atoms with Gasteiger partial charge in [-0.1, -0.05) is 41.0 Å². The molecule has 2 N–H and O–H groups in total. The molecule has 1 aromatic heterocycles. The summed E-state index contributed by atoms with van der Waals surface area (Å²) in [5.41, 5.74) is 0.686. The molecule has 0 aliphatic carbocycles. The number of hydrogen-bond donors (Lipinski definition) is 2. The van der Waals surface area contributed by atoms with Crippen molar-refractivity contribution in [2.75, 3.05) is 13.1 Å². The average molecular weight is 316 g/mol. The first-order valence-electron chi connectivity index (χ1n) is 7.58. The van der Waals surface area contributed by atoms with Crippen molar-refractivity contribution in [3.05, 3.63) is 11.8 Å². The molecule has 0 aliphatic rings. The monoisotopic (exact) mass is 316 g/mol. The molecule has 0 radical (unpaired) electrons. The molecule has 1 unspecified atom stereocenters. The Morgan fingerprint density at radius 1 is 1.33 bits per heavy atom. The van der Waals surface area contributed by atoms with Crippen LogP contribution in [0.1, 0.15) is 46.6 Å². The van der Waals surface area contributed by atoms with Crippen LogP contribution in [0.15, 0.2) is 11.2 Å². The summed E-state index contributed by atoms with van der Waals surface area (Å²) in [5.74, 6) is 0.333. The van der Waals surface area contributed by atoms with E-state index in [9.17, 15) is 8.42 Å². The van der Waals surface area contributed by atoms with Gasteiger partial charge in [0.1, 0.15) is 0 Å². The van der Waals surface area contributed by atoms with Gasteiger partial charge in [0.15, 0.2) is 5.03 Å². The van der Waals surface area contributed by atoms with Crippen molar-refractivity contribution in [1.82, 2.24) is 19.8 Å². The molecule has 1 heterocycles. The van der Waals surface area contributed by atoms with Crippen LogP contribution in [-0.4, -0.2) is 42.1 Å². The largest absolute Gasteiger partial charge is 0.310 e. The summed E-state index contributed by atoms with van der Waals surface area (Å²) in [5, 5.41) is 10.0. The predicted octanol–water partition coefficient (Wildman–Crippen LogP) is 1.96. The molecule has 1 aromatic rings. The van der Waals surface area contributed by atoms with E-state index < -0.39 is 10.0 Å². The minimum atomic E-state index is -3.52. The maximum absolute atomic E-state index is 12.8. The highest BCUT2D eigenvalue weighted by atomic mass is 32.2. The van der Waals surface area contributed by atoms with Crippen LogP contribution in [0.2, 0.25) is 0 Å². The smallest absolute Gasteiger partial charge is 0.260 e. The first-order valence-corrected chi connectivity index (χ1v) is 9.02. The van der Waals surface area contributed by atoms with Crippen LogP contribution in [0.3, 0.4) is 0 Å². The van der Waals surface area contributed by atoms with Gasteiger partial charge in [-0.15, -0.1) is 0 Å². The summed E-state index contributed by atoms with van der Waals surface area (Å²) in [6.07, 6.45) is 2.54. The van der Waals surface area contributed by atoms with Gasteiger partial charge in [-0.25, -0.2) is 8.42 Å². The fourth-order valence-electron chi connectivity index (χ4n) is 1.97. The van der Waals surface area contributed by atoms with Gasteiger partial charge >= 0.3 is 0 Å². The van der Waals surface area contributed by atoms with Gasteiger partial charge in [-0.3, -0.25) is 5.10 Å². The van der Waals surface area contributed by atoms with E-state index in [2.05, 4.69) is 29.4 Å². The molecule has 0 aromatic carbocycles. The number of aromatic nitrogens is 2. The van der Waals surface area contributed by atoms with E-state index in [1.807, 2.05) is 20.8 Å². The lowest BCUT2D eigenvalue weighted by molar-refractivity contribution is 0.360. The summed E-state index contributed by atoms with van der Waals surface area (Å²) in [4.78, 5) is 0. The number of nitrogens with zero attached hydrogens (tertiary/aromatic N) is 2. The van der Waals surface area contributed by atoms with Crippen molar-refractivity contribution >= 4 is 10.0 Å². The van der Waals surface area contributed by atoms with Gasteiger partial charge < -0.3 is 5.32 Å². The third-order valence-electron chi connectivity index (χ3n) is 3.54. The van der Waals surface area contributed by atoms with Crippen molar-refractivity contribution in [3.63, 3.8) is 0 Å². The maximum atomic E-state index is 12.8. The van der Waals surface area contributed by atoms with Gasteiger partial charge in [0.25, 0.3) is 10.0 Å². The third-order valence-corrected chi connectivity index (χ3v) is 5.50. The second-order valence-electron chi connectivity index (χ2n) is 5.73. The highest BCUT2D eigenvalue weighted by Crippen LogP contribution is 2.19. The van der Waals surface area contributed by atoms with Gasteiger partial charge in [0, 0.05) is 31.2 Å². The summed E-state index contributed by atoms with van der Waals surface area (Å²) in [6, 6.07) is 0.290. The van der Waals surface area contributed by atoms with E-state index in [1.54, 1.807) is 6.20 Å². The molecule has 0 amide bonds. The van der Waals surface area contributed by atoms with E-state index in [4.69, 9.17) is 0 Å². The SMILES string of the molecule is CCC(C)CN(CC)S(=O)(=O)c1[nH]ncc1CNC(C)C. The molecule has 1 rings (SSSR count). The molecule has 0 fully saturated rings. The van der Waals surface area contributed by atoms with E-state index in [0.29, 0.717) is 31.1 Å². The Hall–Kier alpha value is -0.920. The molecule has 0 bridgehead atoms. The van der Waals surface area contributed by atoms with Crippen molar-refractivity contribution in [3.8, 4) is 0 Å². The van der Waals surface area contributed by atoms with Crippen LogP contribution < -0.4 is 5.32 Å². The fraction of sp³-hybridized carbons (Fsp3) is 0.786. The Morgan fingerprint density at radius 3 is 2.52 bits per heavy atom. The van der Waals surface area contributed by atoms with E-state index in [1.165, 1.54) is 4.31 Å². The standard InChI is InChI=1S/C14H28N4O2S/c1-6-12(5)10-18(7-2)21(19,20)14-13(9-16-17-14)8-15-11(3)4/h9,11-12,15H,6-8,10H2,1-5H3,(H,16,17). The van der Waals surface area contributed by atoms with Crippen LogP contribution in [0, 0.1) is 5.92 Å². The predicted molar refractivity (Wildman–Crippen MR) is 84.5 cm³/mol. The molecule has 6 nitrogen and oxygen atoms in total. The Labute approximate surface area is 128 Å². The molecule has 7 heteroatoms. The topological polar surface area (TPSA) is 78.1 Å². The van der Waals surface area contributed by atoms with Crippen LogP contribution >= 0.6 is 0 Å². The van der Waals surface area contributed by atoms with Gasteiger partial charge in [0.05, 0.1) is 6.20 Å². The highest BCUT2D eigenvalue weighted by molar-refractivity contribution is 7.89. The molecule has 0 aliphatic heterocycles. The average Bonchev–Trinajstić information content (AvgIpc) is 2.91. The summed E-state index contributed by atoms with van der Waals surface area (Å²) >= 11 is 0. The lowest BCUT2D eigenvalue weighted by Crippen LogP contribution is -2.35. The minimum absolute atomic E-state index is 0.209. The lowest BCUT2D eigenvalue weighted by atomic mass is 10.1. The van der Waals surface area contributed by atoms with Crippen LogP contribution in [0.25, 0.3) is 0 Å². The van der Waals surface area contributed by atoms with Gasteiger partial charge in [-0.05, 0) is 5.92 Å². The first kappa shape index (κ1) is 18.1. The third kappa shape index (κ3) is 4.79. The van der Waals surface area contributed by atoms with Crippen molar-refractivity contribution < 1.29 is 8.42 Å². The number of H-pyrrole nitrogens is 1. The summed E-state index contributed by atoms with van der Waals surface area (Å²) < 4.78 is 27.1. The number of aromatic amines is 1. The Morgan fingerprint density at radius 2 is 2.00 bits per heavy atom. The Kier molecular flexibility index (Phi) is 6.83. The summed E-state index contributed by atoms with van der Waals surface area (Å²) in [6.45, 7) is 11.5. The van der Waals surface area contributed by atoms with E-state index in [0.717, 1.165) is 6.42 Å². The quantitative estimate of drug-likeness (QED) is 0.730. The summed E-state index contributed by atoms with van der Waals surface area (Å²) in [7, 11) is -3.52. The zero-order valence-electron chi connectivity index (χ0n) is 13.7. The lowest BCUT2D eigenvalue weighted by Gasteiger charge is -2.23. The van der Waals surface area contributed by atoms with Crippen molar-refractivity contribution in [2.45, 2.75) is 58.7 Å². The number of rotatable bonds is 9. The van der Waals surface area contributed by atoms with Crippen LogP contribution in [-0.2, 0) is 16.6 Å². The number of nitrogens with one attached hydrogen (secondary N) is 2. The van der Waals surface area contributed by atoms with E-state index in [-0.39, 0.29) is 11.1 Å². The second-order valence-corrected chi connectivity index (χ2v) is 7.60. The number of hydrogen-bond acceptors (Lipinski definition) is 4. The van der Waals surface area contributed by atoms with Gasteiger partial charge in [-0.2, -0.15) is 9.40 Å². The maximum Gasteiger partial charge on any atom is 0.260 e. The molecule has 1 atom stereocenters. The minimum Gasteiger partial charge on any atom is -0.310 e. The normalized spacial score (nSPS) is 14.0. The highest BCUT2D eigenvalue weighted by Gasteiger charge is 2.28. The molecule has 0 spiro atoms. The van der Waals surface area contributed by atoms with Crippen molar-refractivity contribution in [1.29, 1.82) is 0 Å². The Bertz CT molecular complexity index is 525. The molecule has 122 valence electrons. The van der Waals surface area contributed by atoms with Gasteiger partial charge in [0.2, 0.25) is 0 Å². The number of sulfonamides is 1.